The second-order valence-electron chi connectivity index (χ2n) is 4.53. The molecule has 0 radical (unpaired) electrons. The zero-order valence-electron chi connectivity index (χ0n) is 9.37. The summed E-state index contributed by atoms with van der Waals surface area (Å²) in [6.45, 7) is 3.86. The SMILES string of the molecule is Cc1ccc(C(CN)CNC2CC2)cc1. The molecule has 1 aliphatic carbocycles. The van der Waals surface area contributed by atoms with E-state index in [9.17, 15) is 0 Å². The topological polar surface area (TPSA) is 38.0 Å². The van der Waals surface area contributed by atoms with E-state index in [-0.39, 0.29) is 0 Å². The molecule has 1 saturated carbocycles. The average molecular weight is 204 g/mol. The minimum absolute atomic E-state index is 0.464. The Kier molecular flexibility index (Phi) is 3.39. The monoisotopic (exact) mass is 204 g/mol. The molecule has 1 atom stereocenters. The van der Waals surface area contributed by atoms with Crippen LogP contribution in [-0.2, 0) is 0 Å². The highest BCUT2D eigenvalue weighted by atomic mass is 14.9. The predicted molar refractivity (Wildman–Crippen MR) is 64.0 cm³/mol. The lowest BCUT2D eigenvalue weighted by molar-refractivity contribution is 0.586. The molecule has 1 aromatic rings. The van der Waals surface area contributed by atoms with Crippen molar-refractivity contribution in [3.8, 4) is 0 Å². The largest absolute Gasteiger partial charge is 0.330 e. The van der Waals surface area contributed by atoms with Gasteiger partial charge in [-0.25, -0.2) is 0 Å². The van der Waals surface area contributed by atoms with Crippen molar-refractivity contribution >= 4 is 0 Å². The number of hydrogen-bond acceptors (Lipinski definition) is 2. The Labute approximate surface area is 91.9 Å². The molecule has 0 amide bonds. The van der Waals surface area contributed by atoms with Crippen molar-refractivity contribution < 1.29 is 0 Å². The van der Waals surface area contributed by atoms with E-state index in [0.29, 0.717) is 5.92 Å². The van der Waals surface area contributed by atoms with Gasteiger partial charge in [0.25, 0.3) is 0 Å². The average Bonchev–Trinajstić information content (AvgIpc) is 3.05. The van der Waals surface area contributed by atoms with Crippen LogP contribution < -0.4 is 11.1 Å². The van der Waals surface area contributed by atoms with Crippen molar-refractivity contribution in [3.05, 3.63) is 35.4 Å². The lowest BCUT2D eigenvalue weighted by Crippen LogP contribution is -2.28. The van der Waals surface area contributed by atoms with Gasteiger partial charge >= 0.3 is 0 Å². The number of aryl methyl sites for hydroxylation is 1. The molecule has 15 heavy (non-hydrogen) atoms. The number of nitrogens with one attached hydrogen (secondary N) is 1. The lowest BCUT2D eigenvalue weighted by Gasteiger charge is -2.16. The van der Waals surface area contributed by atoms with Crippen molar-refractivity contribution in [2.24, 2.45) is 5.73 Å². The number of rotatable bonds is 5. The molecule has 2 rings (SSSR count). The molecule has 1 unspecified atom stereocenters. The van der Waals surface area contributed by atoms with Crippen LogP contribution in [0.4, 0.5) is 0 Å². The zero-order chi connectivity index (χ0) is 10.7. The molecule has 1 aromatic carbocycles. The van der Waals surface area contributed by atoms with Crippen LogP contribution in [0.2, 0.25) is 0 Å². The summed E-state index contributed by atoms with van der Waals surface area (Å²) in [6, 6.07) is 9.48. The van der Waals surface area contributed by atoms with E-state index in [1.165, 1.54) is 24.0 Å². The molecule has 2 heteroatoms. The summed E-state index contributed by atoms with van der Waals surface area (Å²) in [5.41, 5.74) is 8.48. The third-order valence-electron chi connectivity index (χ3n) is 3.06. The Balaban J connectivity index is 1.94. The standard InChI is InChI=1S/C13H20N2/c1-10-2-4-11(5-3-10)12(8-14)9-15-13-6-7-13/h2-5,12-13,15H,6-9,14H2,1H3. The van der Waals surface area contributed by atoms with E-state index in [2.05, 4.69) is 36.5 Å². The van der Waals surface area contributed by atoms with Gasteiger partial charge in [-0.05, 0) is 25.3 Å². The fourth-order valence-electron chi connectivity index (χ4n) is 1.77. The third-order valence-corrected chi connectivity index (χ3v) is 3.06. The molecule has 1 aliphatic rings. The van der Waals surface area contributed by atoms with Crippen LogP contribution in [0.5, 0.6) is 0 Å². The molecule has 0 aromatic heterocycles. The van der Waals surface area contributed by atoms with Crippen molar-refractivity contribution in [1.29, 1.82) is 0 Å². The summed E-state index contributed by atoms with van der Waals surface area (Å²) < 4.78 is 0. The fourth-order valence-corrected chi connectivity index (χ4v) is 1.77. The number of nitrogens with two attached hydrogens (primary N) is 1. The van der Waals surface area contributed by atoms with Gasteiger partial charge in [0.05, 0.1) is 0 Å². The molecular formula is C13H20N2. The zero-order valence-corrected chi connectivity index (χ0v) is 9.37. The smallest absolute Gasteiger partial charge is 0.00864 e. The lowest BCUT2D eigenvalue weighted by atomic mass is 9.98. The van der Waals surface area contributed by atoms with Crippen LogP contribution in [0, 0.1) is 6.92 Å². The second-order valence-corrected chi connectivity index (χ2v) is 4.53. The van der Waals surface area contributed by atoms with E-state index >= 15 is 0 Å². The Morgan fingerprint density at radius 3 is 2.53 bits per heavy atom. The minimum Gasteiger partial charge on any atom is -0.330 e. The van der Waals surface area contributed by atoms with Gasteiger partial charge in [0.15, 0.2) is 0 Å². The predicted octanol–water partition coefficient (Wildman–Crippen LogP) is 1.79. The van der Waals surface area contributed by atoms with Crippen LogP contribution in [0.15, 0.2) is 24.3 Å². The Morgan fingerprint density at radius 1 is 1.33 bits per heavy atom. The second kappa shape index (κ2) is 4.77. The molecule has 0 saturated heterocycles. The Bertz CT molecular complexity index is 301. The molecule has 1 fully saturated rings. The molecule has 0 spiro atoms. The maximum absolute atomic E-state index is 5.81. The first kappa shape index (κ1) is 10.7. The summed E-state index contributed by atoms with van der Waals surface area (Å²) >= 11 is 0. The summed E-state index contributed by atoms with van der Waals surface area (Å²) in [4.78, 5) is 0. The highest BCUT2D eigenvalue weighted by Gasteiger charge is 2.21. The van der Waals surface area contributed by atoms with Crippen LogP contribution in [0.3, 0.4) is 0 Å². The molecule has 0 aliphatic heterocycles. The van der Waals surface area contributed by atoms with Crippen LogP contribution in [0.25, 0.3) is 0 Å². The first-order chi connectivity index (χ1) is 7.29. The Hall–Kier alpha value is -0.860. The van der Waals surface area contributed by atoms with Crippen LogP contribution in [0.1, 0.15) is 29.9 Å². The van der Waals surface area contributed by atoms with E-state index in [0.717, 1.165) is 19.1 Å². The highest BCUT2D eigenvalue weighted by Crippen LogP contribution is 2.21. The van der Waals surface area contributed by atoms with E-state index in [1.54, 1.807) is 0 Å². The van der Waals surface area contributed by atoms with Gasteiger partial charge in [0.1, 0.15) is 0 Å². The quantitative estimate of drug-likeness (QED) is 0.767. The van der Waals surface area contributed by atoms with E-state index in [1.807, 2.05) is 0 Å². The van der Waals surface area contributed by atoms with Crippen LogP contribution in [-0.4, -0.2) is 19.1 Å². The van der Waals surface area contributed by atoms with E-state index in [4.69, 9.17) is 5.73 Å². The first-order valence-electron chi connectivity index (χ1n) is 5.79. The van der Waals surface area contributed by atoms with Gasteiger partial charge in [-0.1, -0.05) is 29.8 Å². The molecule has 0 bridgehead atoms. The molecular weight excluding hydrogens is 184 g/mol. The van der Waals surface area contributed by atoms with Crippen molar-refractivity contribution in [1.82, 2.24) is 5.32 Å². The summed E-state index contributed by atoms with van der Waals surface area (Å²) in [5.74, 6) is 0.464. The molecule has 2 nitrogen and oxygen atoms in total. The Morgan fingerprint density at radius 2 is 2.00 bits per heavy atom. The van der Waals surface area contributed by atoms with Crippen molar-refractivity contribution in [2.45, 2.75) is 31.7 Å². The third kappa shape index (κ3) is 3.05. The van der Waals surface area contributed by atoms with Gasteiger partial charge in [0.2, 0.25) is 0 Å². The van der Waals surface area contributed by atoms with Crippen LogP contribution >= 0.6 is 0 Å². The summed E-state index contributed by atoms with van der Waals surface area (Å²) in [7, 11) is 0. The minimum atomic E-state index is 0.464. The normalized spacial score (nSPS) is 17.7. The van der Waals surface area contributed by atoms with Gasteiger partial charge in [-0.3, -0.25) is 0 Å². The van der Waals surface area contributed by atoms with Crippen molar-refractivity contribution in [2.75, 3.05) is 13.1 Å². The fraction of sp³-hybridized carbons (Fsp3) is 0.538. The maximum Gasteiger partial charge on any atom is 0.00864 e. The molecule has 3 N–H and O–H groups in total. The highest BCUT2D eigenvalue weighted by molar-refractivity contribution is 5.25. The molecule has 0 heterocycles. The number of hydrogen-bond donors (Lipinski definition) is 2. The van der Waals surface area contributed by atoms with Gasteiger partial charge in [0, 0.05) is 25.0 Å². The van der Waals surface area contributed by atoms with Gasteiger partial charge < -0.3 is 11.1 Å². The van der Waals surface area contributed by atoms with E-state index < -0.39 is 0 Å². The number of benzene rings is 1. The van der Waals surface area contributed by atoms with Gasteiger partial charge in [-0.15, -0.1) is 0 Å². The summed E-state index contributed by atoms with van der Waals surface area (Å²) in [5, 5.41) is 3.54. The maximum atomic E-state index is 5.81. The molecule has 82 valence electrons. The van der Waals surface area contributed by atoms with Crippen molar-refractivity contribution in [3.63, 3.8) is 0 Å². The van der Waals surface area contributed by atoms with Gasteiger partial charge in [-0.2, -0.15) is 0 Å². The summed E-state index contributed by atoms with van der Waals surface area (Å²) in [6.07, 6.45) is 2.68. The first-order valence-corrected chi connectivity index (χ1v) is 5.79.